The van der Waals surface area contributed by atoms with Crippen LogP contribution >= 0.6 is 0 Å². The highest BCUT2D eigenvalue weighted by atomic mass is 19.1. The van der Waals surface area contributed by atoms with E-state index in [1.54, 1.807) is 38.1 Å². The van der Waals surface area contributed by atoms with Crippen LogP contribution in [0.3, 0.4) is 0 Å². The van der Waals surface area contributed by atoms with Crippen LogP contribution in [0, 0.1) is 17.6 Å². The maximum atomic E-state index is 13.1. The predicted molar refractivity (Wildman–Crippen MR) is 136 cm³/mol. The first kappa shape index (κ1) is 27.4. The van der Waals surface area contributed by atoms with E-state index in [9.17, 15) is 23.2 Å². The fourth-order valence-electron chi connectivity index (χ4n) is 3.69. The van der Waals surface area contributed by atoms with Crippen LogP contribution in [0.25, 0.3) is 0 Å². The summed E-state index contributed by atoms with van der Waals surface area (Å²) in [5.74, 6) is -2.29. The number of rotatable bonds is 11. The number of nitrogens with one attached hydrogen (secondary N) is 3. The smallest absolute Gasteiger partial charge is 0.253 e. The molecule has 3 amide bonds. The Kier molecular flexibility index (Phi) is 9.83. The molecular weight excluding hydrogens is 478 g/mol. The van der Waals surface area contributed by atoms with Gasteiger partial charge >= 0.3 is 0 Å². The molecule has 3 rings (SSSR count). The first-order valence-electron chi connectivity index (χ1n) is 12.0. The van der Waals surface area contributed by atoms with Crippen molar-refractivity contribution < 1.29 is 23.2 Å². The van der Waals surface area contributed by atoms with Crippen LogP contribution in [-0.2, 0) is 17.6 Å². The summed E-state index contributed by atoms with van der Waals surface area (Å²) < 4.78 is 26.1. The number of carbonyl (C=O) groups excluding carboxylic acids is 3. The highest BCUT2D eigenvalue weighted by Gasteiger charge is 2.26. The summed E-state index contributed by atoms with van der Waals surface area (Å²) in [5.41, 5.74) is 1.91. The van der Waals surface area contributed by atoms with Crippen molar-refractivity contribution in [1.82, 2.24) is 20.9 Å². The Morgan fingerprint density at radius 1 is 0.757 bits per heavy atom. The van der Waals surface area contributed by atoms with E-state index in [2.05, 4.69) is 20.9 Å². The molecule has 0 radical (unpaired) electrons. The molecule has 0 saturated carbocycles. The molecule has 37 heavy (non-hydrogen) atoms. The average molecular weight is 509 g/mol. The van der Waals surface area contributed by atoms with Crippen LogP contribution in [-0.4, -0.2) is 41.8 Å². The SMILES string of the molecule is CC(C)C(NC(=O)c1ccncc1C(=O)NCCc1ccc(F)cc1)C(=O)NCCc1ccc(F)cc1. The summed E-state index contributed by atoms with van der Waals surface area (Å²) in [5, 5.41) is 8.28. The maximum Gasteiger partial charge on any atom is 0.253 e. The van der Waals surface area contributed by atoms with E-state index in [1.165, 1.54) is 42.7 Å². The van der Waals surface area contributed by atoms with Crippen molar-refractivity contribution in [2.75, 3.05) is 13.1 Å². The Hall–Kier alpha value is -4.14. The number of hydrogen-bond acceptors (Lipinski definition) is 4. The molecule has 0 aliphatic heterocycles. The highest BCUT2D eigenvalue weighted by Crippen LogP contribution is 2.11. The molecule has 0 bridgehead atoms. The van der Waals surface area contributed by atoms with Crippen molar-refractivity contribution in [3.8, 4) is 0 Å². The Morgan fingerprint density at radius 3 is 1.84 bits per heavy atom. The number of halogens is 2. The first-order chi connectivity index (χ1) is 17.7. The fraction of sp³-hybridized carbons (Fsp3) is 0.286. The van der Waals surface area contributed by atoms with Gasteiger partial charge in [-0.25, -0.2) is 8.78 Å². The molecule has 1 heterocycles. The van der Waals surface area contributed by atoms with Crippen LogP contribution in [0.2, 0.25) is 0 Å². The van der Waals surface area contributed by atoms with E-state index >= 15 is 0 Å². The lowest BCUT2D eigenvalue weighted by atomic mass is 10.0. The van der Waals surface area contributed by atoms with Gasteiger partial charge in [0.15, 0.2) is 0 Å². The molecule has 1 atom stereocenters. The largest absolute Gasteiger partial charge is 0.354 e. The number of hydrogen-bond donors (Lipinski definition) is 3. The van der Waals surface area contributed by atoms with E-state index in [0.717, 1.165) is 11.1 Å². The van der Waals surface area contributed by atoms with Gasteiger partial charge in [0.1, 0.15) is 17.7 Å². The molecule has 2 aromatic carbocycles. The number of amides is 3. The van der Waals surface area contributed by atoms with Crippen molar-refractivity contribution in [2.24, 2.45) is 5.92 Å². The number of nitrogens with zero attached hydrogens (tertiary/aromatic N) is 1. The summed E-state index contributed by atoms with van der Waals surface area (Å²) in [6.45, 7) is 4.21. The van der Waals surface area contributed by atoms with Gasteiger partial charge in [0.2, 0.25) is 5.91 Å². The molecule has 1 aromatic heterocycles. The zero-order valence-electron chi connectivity index (χ0n) is 20.8. The van der Waals surface area contributed by atoms with Gasteiger partial charge in [0.25, 0.3) is 11.8 Å². The minimum absolute atomic E-state index is 0.0818. The maximum absolute atomic E-state index is 13.1. The third-order valence-corrected chi connectivity index (χ3v) is 5.78. The Labute approximate surface area is 214 Å². The third kappa shape index (κ3) is 8.20. The number of benzene rings is 2. The highest BCUT2D eigenvalue weighted by molar-refractivity contribution is 6.07. The molecule has 7 nitrogen and oxygen atoms in total. The molecule has 3 N–H and O–H groups in total. The lowest BCUT2D eigenvalue weighted by Crippen LogP contribution is -2.50. The van der Waals surface area contributed by atoms with Gasteiger partial charge in [-0.3, -0.25) is 19.4 Å². The van der Waals surface area contributed by atoms with E-state index in [0.29, 0.717) is 19.4 Å². The molecule has 194 valence electrons. The molecular formula is C28H30F2N4O3. The Bertz CT molecular complexity index is 1210. The first-order valence-corrected chi connectivity index (χ1v) is 12.0. The number of carbonyl (C=O) groups is 3. The van der Waals surface area contributed by atoms with E-state index in [4.69, 9.17) is 0 Å². The molecule has 1 unspecified atom stereocenters. The number of pyridine rings is 1. The summed E-state index contributed by atoms with van der Waals surface area (Å²) in [4.78, 5) is 42.6. The van der Waals surface area contributed by atoms with Crippen molar-refractivity contribution in [1.29, 1.82) is 0 Å². The lowest BCUT2D eigenvalue weighted by Gasteiger charge is -2.22. The molecule has 3 aromatic rings. The quantitative estimate of drug-likeness (QED) is 0.369. The predicted octanol–water partition coefficient (Wildman–Crippen LogP) is 3.45. The zero-order valence-corrected chi connectivity index (χ0v) is 20.8. The van der Waals surface area contributed by atoms with Gasteiger partial charge in [0.05, 0.1) is 11.1 Å². The molecule has 0 aliphatic rings. The van der Waals surface area contributed by atoms with E-state index < -0.39 is 17.9 Å². The average Bonchev–Trinajstić information content (AvgIpc) is 2.89. The topological polar surface area (TPSA) is 100 Å². The van der Waals surface area contributed by atoms with E-state index in [1.807, 2.05) is 0 Å². The second-order valence-electron chi connectivity index (χ2n) is 8.92. The summed E-state index contributed by atoms with van der Waals surface area (Å²) in [6.07, 6.45) is 3.70. The molecule has 0 saturated heterocycles. The molecule has 0 fully saturated rings. The van der Waals surface area contributed by atoms with Gasteiger partial charge in [-0.05, 0) is 60.2 Å². The summed E-state index contributed by atoms with van der Waals surface area (Å²) >= 11 is 0. The van der Waals surface area contributed by atoms with Crippen LogP contribution in [0.15, 0.2) is 67.0 Å². The monoisotopic (exact) mass is 508 g/mol. The third-order valence-electron chi connectivity index (χ3n) is 5.78. The van der Waals surface area contributed by atoms with Crippen molar-refractivity contribution >= 4 is 17.7 Å². The molecule has 0 aliphatic carbocycles. The second-order valence-corrected chi connectivity index (χ2v) is 8.92. The molecule has 0 spiro atoms. The van der Waals surface area contributed by atoms with Crippen molar-refractivity contribution in [2.45, 2.75) is 32.7 Å². The number of aromatic nitrogens is 1. The minimum Gasteiger partial charge on any atom is -0.354 e. The van der Waals surface area contributed by atoms with Gasteiger partial charge in [-0.2, -0.15) is 0 Å². The van der Waals surface area contributed by atoms with E-state index in [-0.39, 0.29) is 41.1 Å². The van der Waals surface area contributed by atoms with Crippen molar-refractivity contribution in [3.05, 3.63) is 101 Å². The summed E-state index contributed by atoms with van der Waals surface area (Å²) in [6, 6.07) is 12.6. The van der Waals surface area contributed by atoms with Crippen molar-refractivity contribution in [3.63, 3.8) is 0 Å². The van der Waals surface area contributed by atoms with Gasteiger partial charge in [-0.1, -0.05) is 38.1 Å². The standard InChI is InChI=1S/C28H30F2N4O3/c1-18(2)25(28(37)33-16-12-20-5-9-22(30)10-6-20)34-27(36)23-13-14-31-17-24(23)26(35)32-15-11-19-3-7-21(29)8-4-19/h3-10,13-14,17-18,25H,11-12,15-16H2,1-2H3,(H,32,35)(H,33,37)(H,34,36). The zero-order chi connectivity index (χ0) is 26.8. The lowest BCUT2D eigenvalue weighted by molar-refractivity contribution is -0.123. The fourth-order valence-corrected chi connectivity index (χ4v) is 3.69. The summed E-state index contributed by atoms with van der Waals surface area (Å²) in [7, 11) is 0. The van der Waals surface area contributed by atoms with Gasteiger partial charge < -0.3 is 16.0 Å². The molecule has 9 heteroatoms. The van der Waals surface area contributed by atoms with Crippen LogP contribution < -0.4 is 16.0 Å². The van der Waals surface area contributed by atoms with Crippen LogP contribution in [0.1, 0.15) is 45.7 Å². The second kappa shape index (κ2) is 13.2. The Morgan fingerprint density at radius 2 is 1.30 bits per heavy atom. The van der Waals surface area contributed by atoms with Gasteiger partial charge in [-0.15, -0.1) is 0 Å². The Balaban J connectivity index is 1.58. The minimum atomic E-state index is -0.830. The normalized spacial score (nSPS) is 11.6. The van der Waals surface area contributed by atoms with Crippen LogP contribution in [0.4, 0.5) is 8.78 Å². The van der Waals surface area contributed by atoms with Crippen LogP contribution in [0.5, 0.6) is 0 Å². The van der Waals surface area contributed by atoms with Gasteiger partial charge in [0, 0.05) is 25.5 Å².